The van der Waals surface area contributed by atoms with Gasteiger partial charge in [-0.25, -0.2) is 4.98 Å². The standard InChI is InChI=1S/C22H23N3O3S/c1-27-16-8-9-17(19(12-16)28-2)21(26)24-22-23-18-10-11-25(14-20(18)29-22)13-15-6-4-3-5-7-15/h3-9,12H,10-11,13-14H2,1-2H3,(H,23,24,26)/p+1. The van der Waals surface area contributed by atoms with E-state index in [0.717, 1.165) is 31.7 Å². The molecule has 2 heterocycles. The number of rotatable bonds is 6. The summed E-state index contributed by atoms with van der Waals surface area (Å²) in [6, 6.07) is 15.7. The van der Waals surface area contributed by atoms with E-state index in [4.69, 9.17) is 9.47 Å². The second-order valence-corrected chi connectivity index (χ2v) is 8.08. The quantitative estimate of drug-likeness (QED) is 0.656. The number of aromatic nitrogens is 1. The molecule has 4 rings (SSSR count). The number of carbonyl (C=O) groups is 1. The molecule has 1 aliphatic heterocycles. The van der Waals surface area contributed by atoms with Crippen molar-refractivity contribution < 1.29 is 19.2 Å². The first kappa shape index (κ1) is 19.4. The van der Waals surface area contributed by atoms with Crippen LogP contribution in [0.25, 0.3) is 0 Å². The zero-order chi connectivity index (χ0) is 20.2. The maximum Gasteiger partial charge on any atom is 0.261 e. The first-order valence-corrected chi connectivity index (χ1v) is 10.4. The van der Waals surface area contributed by atoms with Gasteiger partial charge in [0, 0.05) is 18.1 Å². The number of quaternary nitrogens is 1. The molecule has 0 bridgehead atoms. The molecular weight excluding hydrogens is 386 g/mol. The third-order valence-electron chi connectivity index (χ3n) is 5.07. The van der Waals surface area contributed by atoms with Crippen molar-refractivity contribution in [1.82, 2.24) is 4.98 Å². The summed E-state index contributed by atoms with van der Waals surface area (Å²) in [4.78, 5) is 20.2. The van der Waals surface area contributed by atoms with Crippen molar-refractivity contribution in [2.45, 2.75) is 19.5 Å². The molecule has 3 aromatic rings. The van der Waals surface area contributed by atoms with Crippen molar-refractivity contribution in [3.05, 3.63) is 70.2 Å². The van der Waals surface area contributed by atoms with Gasteiger partial charge in [0.15, 0.2) is 5.13 Å². The van der Waals surface area contributed by atoms with Gasteiger partial charge in [-0.3, -0.25) is 10.1 Å². The fourth-order valence-electron chi connectivity index (χ4n) is 3.57. The first-order valence-electron chi connectivity index (χ1n) is 9.55. The van der Waals surface area contributed by atoms with Crippen LogP contribution in [0.2, 0.25) is 0 Å². The van der Waals surface area contributed by atoms with Crippen molar-refractivity contribution in [1.29, 1.82) is 0 Å². The van der Waals surface area contributed by atoms with Crippen LogP contribution in [0.5, 0.6) is 11.5 Å². The van der Waals surface area contributed by atoms with Crippen molar-refractivity contribution in [3.8, 4) is 11.5 Å². The lowest BCUT2D eigenvalue weighted by Gasteiger charge is -2.22. The number of methoxy groups -OCH3 is 2. The number of ether oxygens (including phenoxy) is 2. The predicted octanol–water partition coefficient (Wildman–Crippen LogP) is 2.55. The Morgan fingerprint density at radius 2 is 2.00 bits per heavy atom. The van der Waals surface area contributed by atoms with Gasteiger partial charge in [-0.15, -0.1) is 0 Å². The van der Waals surface area contributed by atoms with Crippen molar-refractivity contribution in [3.63, 3.8) is 0 Å². The zero-order valence-corrected chi connectivity index (χ0v) is 17.3. The third-order valence-corrected chi connectivity index (χ3v) is 6.09. The van der Waals surface area contributed by atoms with E-state index in [0.29, 0.717) is 22.2 Å². The molecule has 0 saturated heterocycles. The highest BCUT2D eigenvalue weighted by molar-refractivity contribution is 7.15. The van der Waals surface area contributed by atoms with Crippen LogP contribution < -0.4 is 19.7 Å². The summed E-state index contributed by atoms with van der Waals surface area (Å²) in [6.45, 7) is 2.98. The van der Waals surface area contributed by atoms with Crippen molar-refractivity contribution in [2.75, 3.05) is 26.1 Å². The molecule has 0 radical (unpaired) electrons. The molecule has 0 fully saturated rings. The summed E-state index contributed by atoms with van der Waals surface area (Å²) in [5.41, 5.74) is 2.90. The number of hydrogen-bond acceptors (Lipinski definition) is 5. The maximum atomic E-state index is 12.7. The van der Waals surface area contributed by atoms with E-state index >= 15 is 0 Å². The number of benzene rings is 2. The largest absolute Gasteiger partial charge is 0.497 e. The number of carbonyl (C=O) groups excluding carboxylic acids is 1. The second kappa shape index (κ2) is 8.63. The van der Waals surface area contributed by atoms with Gasteiger partial charge in [0.1, 0.15) is 24.6 Å². The van der Waals surface area contributed by atoms with E-state index in [2.05, 4.69) is 34.6 Å². The molecule has 150 valence electrons. The van der Waals surface area contributed by atoms with Crippen LogP contribution in [0.3, 0.4) is 0 Å². The third kappa shape index (κ3) is 4.41. The van der Waals surface area contributed by atoms with Crippen molar-refractivity contribution >= 4 is 22.4 Å². The molecule has 1 aliphatic rings. The fraction of sp³-hybridized carbons (Fsp3) is 0.273. The number of nitrogens with one attached hydrogen (secondary N) is 2. The first-order chi connectivity index (χ1) is 14.2. The van der Waals surface area contributed by atoms with Crippen LogP contribution >= 0.6 is 11.3 Å². The number of thiazole rings is 1. The summed E-state index contributed by atoms with van der Waals surface area (Å²) in [5, 5.41) is 3.57. The molecule has 6 nitrogen and oxygen atoms in total. The van der Waals surface area contributed by atoms with Gasteiger partial charge in [0.25, 0.3) is 5.91 Å². The predicted molar refractivity (Wildman–Crippen MR) is 113 cm³/mol. The molecule has 2 aromatic carbocycles. The van der Waals surface area contributed by atoms with E-state index in [1.807, 2.05) is 6.07 Å². The van der Waals surface area contributed by atoms with E-state index in [1.165, 1.54) is 22.5 Å². The average Bonchev–Trinajstić information content (AvgIpc) is 3.15. The lowest BCUT2D eigenvalue weighted by atomic mass is 10.1. The second-order valence-electron chi connectivity index (χ2n) is 7.00. The smallest absolute Gasteiger partial charge is 0.261 e. The Balaban J connectivity index is 1.45. The summed E-state index contributed by atoms with van der Waals surface area (Å²) in [6.07, 6.45) is 0.926. The Morgan fingerprint density at radius 1 is 1.17 bits per heavy atom. The SMILES string of the molecule is COc1ccc(C(=O)Nc2nc3c(s2)C[NH+](Cc2ccccc2)CC3)c(OC)c1. The molecule has 7 heteroatoms. The molecule has 29 heavy (non-hydrogen) atoms. The van der Waals surface area contributed by atoms with Gasteiger partial charge >= 0.3 is 0 Å². The average molecular weight is 411 g/mol. The van der Waals surface area contributed by atoms with Gasteiger partial charge in [0.2, 0.25) is 0 Å². The molecule has 0 spiro atoms. The van der Waals surface area contributed by atoms with E-state index in [-0.39, 0.29) is 5.91 Å². The van der Waals surface area contributed by atoms with Gasteiger partial charge in [-0.2, -0.15) is 0 Å². The van der Waals surface area contributed by atoms with Crippen LogP contribution in [0.15, 0.2) is 48.5 Å². The minimum atomic E-state index is -0.232. The lowest BCUT2D eigenvalue weighted by Crippen LogP contribution is -3.10. The summed E-state index contributed by atoms with van der Waals surface area (Å²) >= 11 is 1.56. The Kier molecular flexibility index (Phi) is 5.78. The number of hydrogen-bond donors (Lipinski definition) is 2. The number of nitrogens with zero attached hydrogens (tertiary/aromatic N) is 1. The Morgan fingerprint density at radius 3 is 2.76 bits per heavy atom. The van der Waals surface area contributed by atoms with Gasteiger partial charge < -0.3 is 14.4 Å². The molecule has 0 saturated carbocycles. The molecule has 1 unspecified atom stereocenters. The monoisotopic (exact) mass is 410 g/mol. The Hall–Kier alpha value is -2.90. The molecule has 0 aliphatic carbocycles. The minimum Gasteiger partial charge on any atom is -0.497 e. The Labute approximate surface area is 174 Å². The van der Waals surface area contributed by atoms with E-state index in [1.54, 1.807) is 36.6 Å². The van der Waals surface area contributed by atoms with Crippen molar-refractivity contribution in [2.24, 2.45) is 0 Å². The summed E-state index contributed by atoms with van der Waals surface area (Å²) < 4.78 is 10.5. The topological polar surface area (TPSA) is 64.9 Å². The van der Waals surface area contributed by atoms with Gasteiger partial charge in [-0.05, 0) is 12.1 Å². The number of fused-ring (bicyclic) bond motifs is 1. The van der Waals surface area contributed by atoms with Gasteiger partial charge in [0.05, 0.1) is 36.9 Å². The highest BCUT2D eigenvalue weighted by Gasteiger charge is 2.25. The van der Waals surface area contributed by atoms with Crippen LogP contribution in [0.4, 0.5) is 5.13 Å². The van der Waals surface area contributed by atoms with Gasteiger partial charge in [-0.1, -0.05) is 41.7 Å². The molecule has 2 N–H and O–H groups in total. The van der Waals surface area contributed by atoms with E-state index in [9.17, 15) is 4.79 Å². The lowest BCUT2D eigenvalue weighted by molar-refractivity contribution is -0.929. The normalized spacial score (nSPS) is 15.4. The highest BCUT2D eigenvalue weighted by atomic mass is 32.1. The molecule has 1 atom stereocenters. The fourth-order valence-corrected chi connectivity index (χ4v) is 4.64. The molecule has 1 aromatic heterocycles. The van der Waals surface area contributed by atoms with Crippen LogP contribution in [0.1, 0.15) is 26.5 Å². The highest BCUT2D eigenvalue weighted by Crippen LogP contribution is 2.28. The summed E-state index contributed by atoms with van der Waals surface area (Å²) in [5.74, 6) is 0.885. The Bertz CT molecular complexity index is 1000. The van der Waals surface area contributed by atoms with E-state index < -0.39 is 0 Å². The number of amides is 1. The molecule has 1 amide bonds. The maximum absolute atomic E-state index is 12.7. The van der Waals surface area contributed by atoms with Crippen LogP contribution in [-0.2, 0) is 19.5 Å². The van der Waals surface area contributed by atoms with Crippen LogP contribution in [0, 0.1) is 0 Å². The zero-order valence-electron chi connectivity index (χ0n) is 16.5. The van der Waals surface area contributed by atoms with Crippen LogP contribution in [-0.4, -0.2) is 31.7 Å². The summed E-state index contributed by atoms with van der Waals surface area (Å²) in [7, 11) is 3.12. The number of anilines is 1. The molecular formula is C22H24N3O3S+. The minimum absolute atomic E-state index is 0.232.